The van der Waals surface area contributed by atoms with Crippen molar-refractivity contribution in [3.05, 3.63) is 64.5 Å². The topological polar surface area (TPSA) is 20.2 Å². The first-order valence-corrected chi connectivity index (χ1v) is 7.35. The van der Waals surface area contributed by atoms with Crippen LogP contribution in [-0.4, -0.2) is 5.11 Å². The Morgan fingerprint density at radius 2 is 1.79 bits per heavy atom. The molecule has 0 spiro atoms. The summed E-state index contributed by atoms with van der Waals surface area (Å²) in [5, 5.41) is 13.2. The predicted molar refractivity (Wildman–Crippen MR) is 82.1 cm³/mol. The molecule has 0 atom stereocenters. The third-order valence-electron chi connectivity index (χ3n) is 3.46. The highest BCUT2D eigenvalue weighted by molar-refractivity contribution is 7.17. The van der Waals surface area contributed by atoms with Crippen LogP contribution < -0.4 is 0 Å². The van der Waals surface area contributed by atoms with E-state index in [0.29, 0.717) is 5.75 Å². The van der Waals surface area contributed by atoms with Gasteiger partial charge in [-0.2, -0.15) is 0 Å². The van der Waals surface area contributed by atoms with Gasteiger partial charge in [0.1, 0.15) is 5.75 Å². The van der Waals surface area contributed by atoms with Crippen LogP contribution in [0.4, 0.5) is 0 Å². The van der Waals surface area contributed by atoms with Gasteiger partial charge in [-0.05, 0) is 48.4 Å². The van der Waals surface area contributed by atoms with Crippen LogP contribution in [0.2, 0.25) is 0 Å². The van der Waals surface area contributed by atoms with Crippen LogP contribution in [0.15, 0.2) is 47.8 Å². The van der Waals surface area contributed by atoms with E-state index in [1.165, 1.54) is 21.4 Å². The zero-order chi connectivity index (χ0) is 13.2. The van der Waals surface area contributed by atoms with E-state index in [2.05, 4.69) is 42.6 Å². The Bertz CT molecular complexity index is 695. The number of rotatable bonds is 3. The number of benzene rings is 2. The van der Waals surface area contributed by atoms with Crippen LogP contribution >= 0.6 is 11.3 Å². The molecule has 2 aromatic carbocycles. The first-order valence-electron chi connectivity index (χ1n) is 6.47. The quantitative estimate of drug-likeness (QED) is 0.730. The number of thiophene rings is 1. The lowest BCUT2D eigenvalue weighted by molar-refractivity contribution is 0.481. The molecule has 0 fully saturated rings. The summed E-state index contributed by atoms with van der Waals surface area (Å²) in [6, 6.07) is 14.4. The lowest BCUT2D eigenvalue weighted by Crippen LogP contribution is -1.90. The highest BCUT2D eigenvalue weighted by Gasteiger charge is 2.08. The Balaban J connectivity index is 1.84. The van der Waals surface area contributed by atoms with Crippen LogP contribution in [0.25, 0.3) is 10.1 Å². The molecular formula is C17H16OS. The van der Waals surface area contributed by atoms with Gasteiger partial charge in [0.25, 0.3) is 0 Å². The zero-order valence-corrected chi connectivity index (χ0v) is 11.7. The largest absolute Gasteiger partial charge is 0.507 e. The first kappa shape index (κ1) is 12.2. The molecule has 0 aliphatic heterocycles. The van der Waals surface area contributed by atoms with Gasteiger partial charge in [-0.1, -0.05) is 35.9 Å². The summed E-state index contributed by atoms with van der Waals surface area (Å²) in [4.78, 5) is 0. The molecule has 1 aromatic heterocycles. The number of hydrogen-bond donors (Lipinski definition) is 1. The Morgan fingerprint density at radius 3 is 2.58 bits per heavy atom. The molecule has 3 rings (SSSR count). The molecule has 19 heavy (non-hydrogen) atoms. The molecular weight excluding hydrogens is 252 g/mol. The summed E-state index contributed by atoms with van der Waals surface area (Å²) >= 11 is 1.71. The third kappa shape index (κ3) is 2.49. The van der Waals surface area contributed by atoms with Gasteiger partial charge in [0.2, 0.25) is 0 Å². The molecule has 1 heterocycles. The molecule has 0 aliphatic carbocycles. The second kappa shape index (κ2) is 5.06. The van der Waals surface area contributed by atoms with Gasteiger partial charge in [0, 0.05) is 10.1 Å². The monoisotopic (exact) mass is 268 g/mol. The van der Waals surface area contributed by atoms with E-state index in [9.17, 15) is 5.11 Å². The number of hydrogen-bond acceptors (Lipinski definition) is 2. The van der Waals surface area contributed by atoms with Crippen LogP contribution in [0.5, 0.6) is 5.75 Å². The molecule has 1 nitrogen and oxygen atoms in total. The van der Waals surface area contributed by atoms with Crippen molar-refractivity contribution in [3.8, 4) is 5.75 Å². The number of fused-ring (bicyclic) bond motifs is 1. The van der Waals surface area contributed by atoms with Crippen LogP contribution in [0.3, 0.4) is 0 Å². The van der Waals surface area contributed by atoms with Crippen molar-refractivity contribution in [1.82, 2.24) is 0 Å². The molecule has 0 bridgehead atoms. The lowest BCUT2D eigenvalue weighted by Gasteiger charge is -2.03. The van der Waals surface area contributed by atoms with E-state index >= 15 is 0 Å². The van der Waals surface area contributed by atoms with Gasteiger partial charge in [0.05, 0.1) is 0 Å². The second-order valence-corrected chi connectivity index (χ2v) is 5.81. The SMILES string of the molecule is Cc1ccc(CCc2csc3cccc(O)c23)cc1. The highest BCUT2D eigenvalue weighted by atomic mass is 32.1. The minimum Gasteiger partial charge on any atom is -0.507 e. The summed E-state index contributed by atoms with van der Waals surface area (Å²) in [6.45, 7) is 2.11. The molecule has 3 aromatic rings. The van der Waals surface area contributed by atoms with Gasteiger partial charge < -0.3 is 5.11 Å². The Morgan fingerprint density at radius 1 is 1.00 bits per heavy atom. The fourth-order valence-electron chi connectivity index (χ4n) is 2.35. The Labute approximate surface area is 117 Å². The number of phenols is 1. The van der Waals surface area contributed by atoms with E-state index in [1.807, 2.05) is 6.07 Å². The summed E-state index contributed by atoms with van der Waals surface area (Å²) in [5.74, 6) is 0.401. The lowest BCUT2D eigenvalue weighted by atomic mass is 10.0. The van der Waals surface area contributed by atoms with E-state index in [4.69, 9.17) is 0 Å². The van der Waals surface area contributed by atoms with Crippen molar-refractivity contribution < 1.29 is 5.11 Å². The van der Waals surface area contributed by atoms with Crippen molar-refractivity contribution in [3.63, 3.8) is 0 Å². The molecule has 0 saturated carbocycles. The summed E-state index contributed by atoms with van der Waals surface area (Å²) in [5.41, 5.74) is 3.89. The molecule has 0 radical (unpaired) electrons. The predicted octanol–water partition coefficient (Wildman–Crippen LogP) is 4.70. The Hall–Kier alpha value is -1.80. The number of aryl methyl sites for hydroxylation is 3. The minimum atomic E-state index is 0.401. The summed E-state index contributed by atoms with van der Waals surface area (Å²) < 4.78 is 1.17. The maximum Gasteiger partial charge on any atom is 0.124 e. The van der Waals surface area contributed by atoms with Gasteiger partial charge in [-0.15, -0.1) is 11.3 Å². The van der Waals surface area contributed by atoms with E-state index in [0.717, 1.165) is 18.2 Å². The van der Waals surface area contributed by atoms with Gasteiger partial charge in [-0.3, -0.25) is 0 Å². The maximum absolute atomic E-state index is 9.98. The number of phenolic OH excluding ortho intramolecular Hbond substituents is 1. The van der Waals surface area contributed by atoms with Crippen LogP contribution in [0.1, 0.15) is 16.7 Å². The molecule has 0 aliphatic rings. The highest BCUT2D eigenvalue weighted by Crippen LogP contribution is 2.33. The smallest absolute Gasteiger partial charge is 0.124 e. The fourth-order valence-corrected chi connectivity index (χ4v) is 3.37. The van der Waals surface area contributed by atoms with Crippen molar-refractivity contribution in [2.45, 2.75) is 19.8 Å². The Kier molecular flexibility index (Phi) is 3.26. The number of aromatic hydroxyl groups is 1. The molecule has 96 valence electrons. The second-order valence-electron chi connectivity index (χ2n) is 4.90. The van der Waals surface area contributed by atoms with Gasteiger partial charge >= 0.3 is 0 Å². The standard InChI is InChI=1S/C17H16OS/c1-12-5-7-13(8-6-12)9-10-14-11-19-16-4-2-3-15(18)17(14)16/h2-8,11,18H,9-10H2,1H3. The normalized spacial score (nSPS) is 11.0. The summed E-state index contributed by atoms with van der Waals surface area (Å²) in [7, 11) is 0. The average Bonchev–Trinajstić information content (AvgIpc) is 2.83. The molecule has 2 heteroatoms. The van der Waals surface area contributed by atoms with E-state index in [1.54, 1.807) is 17.4 Å². The molecule has 0 unspecified atom stereocenters. The maximum atomic E-state index is 9.98. The van der Waals surface area contributed by atoms with Crippen LogP contribution in [-0.2, 0) is 12.8 Å². The molecule has 0 saturated heterocycles. The minimum absolute atomic E-state index is 0.401. The van der Waals surface area contributed by atoms with Crippen molar-refractivity contribution in [2.24, 2.45) is 0 Å². The van der Waals surface area contributed by atoms with Crippen LogP contribution in [0, 0.1) is 6.92 Å². The van der Waals surface area contributed by atoms with Crippen molar-refractivity contribution in [1.29, 1.82) is 0 Å². The van der Waals surface area contributed by atoms with Gasteiger partial charge in [-0.25, -0.2) is 0 Å². The molecule has 1 N–H and O–H groups in total. The summed E-state index contributed by atoms with van der Waals surface area (Å²) in [6.07, 6.45) is 1.99. The zero-order valence-electron chi connectivity index (χ0n) is 10.9. The van der Waals surface area contributed by atoms with Gasteiger partial charge in [0.15, 0.2) is 0 Å². The van der Waals surface area contributed by atoms with E-state index in [-0.39, 0.29) is 0 Å². The third-order valence-corrected chi connectivity index (χ3v) is 4.45. The van der Waals surface area contributed by atoms with Crippen molar-refractivity contribution in [2.75, 3.05) is 0 Å². The van der Waals surface area contributed by atoms with Crippen molar-refractivity contribution >= 4 is 21.4 Å². The first-order chi connectivity index (χ1) is 9.24. The average molecular weight is 268 g/mol. The molecule has 0 amide bonds. The fraction of sp³-hybridized carbons (Fsp3) is 0.176. The van der Waals surface area contributed by atoms with E-state index < -0.39 is 0 Å².